The van der Waals surface area contributed by atoms with Crippen LogP contribution >= 0.6 is 0 Å². The van der Waals surface area contributed by atoms with Crippen molar-refractivity contribution in [3.63, 3.8) is 0 Å². The minimum atomic E-state index is 0.0244. The van der Waals surface area contributed by atoms with Crippen molar-refractivity contribution in [1.82, 2.24) is 19.6 Å². The van der Waals surface area contributed by atoms with Gasteiger partial charge in [0.2, 0.25) is 0 Å². The van der Waals surface area contributed by atoms with Crippen LogP contribution in [0.1, 0.15) is 56.1 Å². The summed E-state index contributed by atoms with van der Waals surface area (Å²) in [5.41, 5.74) is 5.90. The Labute approximate surface area is 151 Å². The Morgan fingerprint density at radius 2 is 1.44 bits per heavy atom. The molecular formula is C21H30N4. The maximum Gasteiger partial charge on any atom is 0.151 e. The summed E-state index contributed by atoms with van der Waals surface area (Å²) in [6, 6.07) is 4.30. The zero-order valence-corrected chi connectivity index (χ0v) is 16.5. The summed E-state index contributed by atoms with van der Waals surface area (Å²) in [6.45, 7) is 15.3. The van der Waals surface area contributed by atoms with Crippen LogP contribution in [0.5, 0.6) is 0 Å². The highest BCUT2D eigenvalue weighted by molar-refractivity contribution is 5.31. The summed E-state index contributed by atoms with van der Waals surface area (Å²) in [6.07, 6.45) is 7.91. The molecule has 2 heterocycles. The van der Waals surface area contributed by atoms with Crippen LogP contribution in [0.2, 0.25) is 0 Å². The predicted molar refractivity (Wildman–Crippen MR) is 103 cm³/mol. The first-order valence-corrected chi connectivity index (χ1v) is 9.10. The van der Waals surface area contributed by atoms with Gasteiger partial charge < -0.3 is 0 Å². The van der Waals surface area contributed by atoms with Crippen LogP contribution in [0.3, 0.4) is 0 Å². The molecule has 0 N–H and O–H groups in total. The molecule has 4 nitrogen and oxygen atoms in total. The Morgan fingerprint density at radius 1 is 0.920 bits per heavy atom. The van der Waals surface area contributed by atoms with Crippen molar-refractivity contribution in [3.8, 4) is 0 Å². The topological polar surface area (TPSA) is 35.6 Å². The summed E-state index contributed by atoms with van der Waals surface area (Å²) in [4.78, 5) is 0. The van der Waals surface area contributed by atoms with Gasteiger partial charge in [-0.15, -0.1) is 0 Å². The lowest BCUT2D eigenvalue weighted by Crippen LogP contribution is -2.37. The van der Waals surface area contributed by atoms with Crippen molar-refractivity contribution >= 4 is 0 Å². The maximum atomic E-state index is 4.85. The third-order valence-electron chi connectivity index (χ3n) is 4.98. The molecule has 2 aromatic rings. The molecule has 2 aromatic heterocycles. The zero-order chi connectivity index (χ0) is 18.4. The van der Waals surface area contributed by atoms with E-state index in [2.05, 4.69) is 88.2 Å². The molecule has 0 radical (unpaired) electrons. The van der Waals surface area contributed by atoms with Crippen molar-refractivity contribution in [2.75, 3.05) is 0 Å². The molecule has 0 aromatic carbocycles. The minimum Gasteiger partial charge on any atom is -0.244 e. The number of aromatic nitrogens is 4. The first kappa shape index (κ1) is 17.7. The van der Waals surface area contributed by atoms with Crippen molar-refractivity contribution in [1.29, 1.82) is 0 Å². The third-order valence-corrected chi connectivity index (χ3v) is 4.98. The highest BCUT2D eigenvalue weighted by atomic mass is 15.5. The van der Waals surface area contributed by atoms with Gasteiger partial charge in [0, 0.05) is 17.3 Å². The standard InChI is InChI=1S/C21H30N4/c1-14-12-16(3)24(22-14)20(25-17(4)13-15(2)23-25)19(21(5,6)7)18-10-8-9-11-18/h8,10-13,19-20H,9H2,1-7H3/t19-/m0/s1. The predicted octanol–water partition coefficient (Wildman–Crippen LogP) is 4.91. The van der Waals surface area contributed by atoms with Crippen LogP contribution in [0.25, 0.3) is 0 Å². The Morgan fingerprint density at radius 3 is 1.76 bits per heavy atom. The van der Waals surface area contributed by atoms with Crippen LogP contribution in [0.15, 0.2) is 35.9 Å². The van der Waals surface area contributed by atoms with Gasteiger partial charge in [0.15, 0.2) is 6.17 Å². The summed E-state index contributed by atoms with van der Waals surface area (Å²) in [7, 11) is 0. The molecule has 134 valence electrons. The van der Waals surface area contributed by atoms with Crippen LogP contribution in [-0.4, -0.2) is 19.6 Å². The summed E-state index contributed by atoms with van der Waals surface area (Å²) >= 11 is 0. The van der Waals surface area contributed by atoms with Crippen molar-refractivity contribution in [2.45, 2.75) is 61.1 Å². The molecule has 0 amide bonds. The zero-order valence-electron chi connectivity index (χ0n) is 16.5. The fourth-order valence-electron chi connectivity index (χ4n) is 4.04. The number of hydrogen-bond donors (Lipinski definition) is 0. The van der Waals surface area contributed by atoms with E-state index in [0.717, 1.165) is 17.8 Å². The summed E-state index contributed by atoms with van der Waals surface area (Å²) in [5, 5.41) is 9.70. The van der Waals surface area contributed by atoms with E-state index in [0.29, 0.717) is 0 Å². The van der Waals surface area contributed by atoms with Gasteiger partial charge in [-0.25, -0.2) is 9.36 Å². The number of hydrogen-bond acceptors (Lipinski definition) is 2. The van der Waals surface area contributed by atoms with Gasteiger partial charge in [-0.05, 0) is 57.2 Å². The normalized spacial score (nSPS) is 15.9. The molecular weight excluding hydrogens is 308 g/mol. The van der Waals surface area contributed by atoms with Gasteiger partial charge in [-0.3, -0.25) is 0 Å². The minimum absolute atomic E-state index is 0.0244. The van der Waals surface area contributed by atoms with Crippen LogP contribution in [0, 0.1) is 39.0 Å². The van der Waals surface area contributed by atoms with E-state index in [1.165, 1.54) is 17.0 Å². The van der Waals surface area contributed by atoms with E-state index >= 15 is 0 Å². The molecule has 3 rings (SSSR count). The second-order valence-electron chi connectivity index (χ2n) is 8.34. The lowest BCUT2D eigenvalue weighted by atomic mass is 9.74. The first-order valence-electron chi connectivity index (χ1n) is 9.10. The quantitative estimate of drug-likeness (QED) is 0.794. The second kappa shape index (κ2) is 6.32. The summed E-state index contributed by atoms with van der Waals surface area (Å²) < 4.78 is 4.33. The molecule has 0 spiro atoms. The fraction of sp³-hybridized carbons (Fsp3) is 0.524. The van der Waals surface area contributed by atoms with Crippen LogP contribution in [-0.2, 0) is 0 Å². The van der Waals surface area contributed by atoms with Crippen molar-refractivity contribution in [2.24, 2.45) is 11.3 Å². The van der Waals surface area contributed by atoms with E-state index in [-0.39, 0.29) is 17.5 Å². The van der Waals surface area contributed by atoms with Crippen LogP contribution in [0.4, 0.5) is 0 Å². The molecule has 0 bridgehead atoms. The Balaban J connectivity index is 2.24. The molecule has 0 saturated carbocycles. The Hall–Kier alpha value is -2.10. The fourth-order valence-corrected chi connectivity index (χ4v) is 4.04. The van der Waals surface area contributed by atoms with Gasteiger partial charge in [-0.2, -0.15) is 10.2 Å². The molecule has 0 aliphatic heterocycles. The summed E-state index contributed by atoms with van der Waals surface area (Å²) in [5.74, 6) is 0.280. The monoisotopic (exact) mass is 338 g/mol. The van der Waals surface area contributed by atoms with E-state index in [1.54, 1.807) is 0 Å². The molecule has 4 heteroatoms. The Kier molecular flexibility index (Phi) is 4.48. The average molecular weight is 338 g/mol. The SMILES string of the molecule is Cc1cc(C)n(C([C@H](C2=CCC=C2)C(C)(C)C)n2nc(C)cc2C)n1. The maximum absolute atomic E-state index is 4.85. The molecule has 1 aliphatic carbocycles. The molecule has 1 aliphatic rings. The highest BCUT2D eigenvalue weighted by Gasteiger charge is 2.39. The number of aryl methyl sites for hydroxylation is 4. The van der Waals surface area contributed by atoms with E-state index in [9.17, 15) is 0 Å². The Bertz CT molecular complexity index is 780. The molecule has 25 heavy (non-hydrogen) atoms. The third kappa shape index (κ3) is 3.35. The second-order valence-corrected chi connectivity index (χ2v) is 8.34. The van der Waals surface area contributed by atoms with Gasteiger partial charge in [0.1, 0.15) is 0 Å². The van der Waals surface area contributed by atoms with Gasteiger partial charge in [0.25, 0.3) is 0 Å². The van der Waals surface area contributed by atoms with Crippen molar-refractivity contribution in [3.05, 3.63) is 58.7 Å². The van der Waals surface area contributed by atoms with Gasteiger partial charge in [-0.1, -0.05) is 39.0 Å². The van der Waals surface area contributed by atoms with Gasteiger partial charge in [0.05, 0.1) is 11.4 Å². The van der Waals surface area contributed by atoms with Crippen molar-refractivity contribution < 1.29 is 0 Å². The lowest BCUT2D eigenvalue weighted by molar-refractivity contribution is 0.151. The molecule has 0 unspecified atom stereocenters. The number of nitrogens with zero attached hydrogens (tertiary/aromatic N) is 4. The number of allylic oxidation sites excluding steroid dienone is 4. The first-order chi connectivity index (χ1) is 11.7. The molecule has 0 saturated heterocycles. The largest absolute Gasteiger partial charge is 0.244 e. The lowest BCUT2D eigenvalue weighted by Gasteiger charge is -2.39. The molecule has 0 fully saturated rings. The average Bonchev–Trinajstić information content (AvgIpc) is 3.17. The van der Waals surface area contributed by atoms with E-state index in [4.69, 9.17) is 10.2 Å². The van der Waals surface area contributed by atoms with Gasteiger partial charge >= 0.3 is 0 Å². The van der Waals surface area contributed by atoms with Crippen LogP contribution < -0.4 is 0 Å². The van der Waals surface area contributed by atoms with E-state index < -0.39 is 0 Å². The smallest absolute Gasteiger partial charge is 0.151 e. The highest BCUT2D eigenvalue weighted by Crippen LogP contribution is 2.43. The van der Waals surface area contributed by atoms with E-state index in [1.807, 2.05) is 0 Å². The number of rotatable bonds is 4. The molecule has 1 atom stereocenters.